The summed E-state index contributed by atoms with van der Waals surface area (Å²) in [6.45, 7) is 2.35. The maximum absolute atomic E-state index is 11.5. The van der Waals surface area contributed by atoms with Crippen molar-refractivity contribution in [1.82, 2.24) is 5.32 Å². The van der Waals surface area contributed by atoms with E-state index in [4.69, 9.17) is 5.11 Å². The third-order valence-corrected chi connectivity index (χ3v) is 2.93. The summed E-state index contributed by atoms with van der Waals surface area (Å²) in [6.07, 6.45) is 1.97. The van der Waals surface area contributed by atoms with Crippen LogP contribution in [0.1, 0.15) is 15.9 Å². The van der Waals surface area contributed by atoms with Crippen LogP contribution in [0.2, 0.25) is 0 Å². The minimum Gasteiger partial charge on any atom is -0.478 e. The Morgan fingerprint density at radius 3 is 2.67 bits per heavy atom. The molecular weight excluding hydrogens is 252 g/mol. The van der Waals surface area contributed by atoms with E-state index in [9.17, 15) is 9.59 Å². The van der Waals surface area contributed by atoms with Crippen LogP contribution in [-0.2, 0) is 0 Å². The molecule has 0 fully saturated rings. The molecule has 18 heavy (non-hydrogen) atoms. The van der Waals surface area contributed by atoms with Crippen molar-refractivity contribution in [1.29, 1.82) is 0 Å². The summed E-state index contributed by atoms with van der Waals surface area (Å²) in [5, 5.41) is 14.2. The van der Waals surface area contributed by atoms with Crippen LogP contribution in [0.3, 0.4) is 0 Å². The van der Waals surface area contributed by atoms with Gasteiger partial charge in [0.15, 0.2) is 0 Å². The fraction of sp³-hybridized carbons (Fsp3) is 0.333. The number of carboxylic acids is 1. The minimum atomic E-state index is -0.978. The standard InChI is InChI=1S/C12H16N2O3S/c1-8-7-9(11(15)16)3-4-10(8)14-12(17)13-5-6-18-2/h3-4,7H,5-6H2,1-2H3,(H,15,16)(H2,13,14,17). The van der Waals surface area contributed by atoms with Crippen LogP contribution in [-0.4, -0.2) is 35.7 Å². The molecule has 0 aliphatic carbocycles. The number of rotatable bonds is 5. The normalized spacial score (nSPS) is 9.89. The first-order chi connectivity index (χ1) is 8.54. The Kier molecular flexibility index (Phi) is 5.51. The maximum Gasteiger partial charge on any atom is 0.335 e. The molecule has 98 valence electrons. The lowest BCUT2D eigenvalue weighted by molar-refractivity contribution is 0.0697. The zero-order chi connectivity index (χ0) is 13.5. The third-order valence-electron chi connectivity index (χ3n) is 2.31. The van der Waals surface area contributed by atoms with Crippen LogP contribution in [0.25, 0.3) is 0 Å². The predicted octanol–water partition coefficient (Wildman–Crippen LogP) is 2.18. The number of carbonyl (C=O) groups is 2. The van der Waals surface area contributed by atoms with Gasteiger partial charge in [-0.15, -0.1) is 0 Å². The van der Waals surface area contributed by atoms with Gasteiger partial charge in [-0.05, 0) is 36.9 Å². The number of hydrogen-bond donors (Lipinski definition) is 3. The number of urea groups is 1. The van der Waals surface area contributed by atoms with Gasteiger partial charge in [-0.25, -0.2) is 9.59 Å². The molecule has 0 atom stereocenters. The quantitative estimate of drug-likeness (QED) is 0.715. The summed E-state index contributed by atoms with van der Waals surface area (Å²) in [4.78, 5) is 22.3. The molecule has 1 aromatic rings. The lowest BCUT2D eigenvalue weighted by Gasteiger charge is -2.10. The molecular formula is C12H16N2O3S. The second-order valence-corrected chi connectivity index (χ2v) is 4.69. The number of benzene rings is 1. The molecule has 0 saturated heterocycles. The fourth-order valence-electron chi connectivity index (χ4n) is 1.37. The van der Waals surface area contributed by atoms with E-state index in [0.29, 0.717) is 12.2 Å². The molecule has 0 unspecified atom stereocenters. The van der Waals surface area contributed by atoms with Gasteiger partial charge in [-0.2, -0.15) is 11.8 Å². The van der Waals surface area contributed by atoms with E-state index in [2.05, 4.69) is 10.6 Å². The van der Waals surface area contributed by atoms with Crippen molar-refractivity contribution >= 4 is 29.4 Å². The zero-order valence-electron chi connectivity index (χ0n) is 10.3. The average Bonchev–Trinajstić information content (AvgIpc) is 2.32. The van der Waals surface area contributed by atoms with Gasteiger partial charge in [0.2, 0.25) is 0 Å². The van der Waals surface area contributed by atoms with E-state index in [1.807, 2.05) is 6.26 Å². The zero-order valence-corrected chi connectivity index (χ0v) is 11.1. The second kappa shape index (κ2) is 6.90. The Morgan fingerprint density at radius 1 is 1.39 bits per heavy atom. The molecule has 5 nitrogen and oxygen atoms in total. The molecule has 3 N–H and O–H groups in total. The molecule has 0 aromatic heterocycles. The van der Waals surface area contributed by atoms with E-state index in [0.717, 1.165) is 11.3 Å². The lowest BCUT2D eigenvalue weighted by atomic mass is 10.1. The van der Waals surface area contributed by atoms with Crippen molar-refractivity contribution in [3.63, 3.8) is 0 Å². The molecule has 0 aliphatic rings. The van der Waals surface area contributed by atoms with Crippen LogP contribution in [0.4, 0.5) is 10.5 Å². The van der Waals surface area contributed by atoms with Crippen LogP contribution >= 0.6 is 11.8 Å². The van der Waals surface area contributed by atoms with Crippen LogP contribution in [0.5, 0.6) is 0 Å². The highest BCUT2D eigenvalue weighted by Gasteiger charge is 2.07. The molecule has 1 rings (SSSR count). The monoisotopic (exact) mass is 268 g/mol. The molecule has 1 aromatic carbocycles. The van der Waals surface area contributed by atoms with Crippen molar-refractivity contribution in [3.05, 3.63) is 29.3 Å². The smallest absolute Gasteiger partial charge is 0.335 e. The molecule has 6 heteroatoms. The largest absolute Gasteiger partial charge is 0.478 e. The van der Waals surface area contributed by atoms with E-state index in [-0.39, 0.29) is 11.6 Å². The van der Waals surface area contributed by atoms with E-state index >= 15 is 0 Å². The third kappa shape index (κ3) is 4.29. The molecule has 0 aliphatic heterocycles. The van der Waals surface area contributed by atoms with Gasteiger partial charge in [0.05, 0.1) is 5.56 Å². The van der Waals surface area contributed by atoms with Crippen molar-refractivity contribution in [2.24, 2.45) is 0 Å². The van der Waals surface area contributed by atoms with Gasteiger partial charge >= 0.3 is 12.0 Å². The topological polar surface area (TPSA) is 78.4 Å². The molecule has 0 saturated carbocycles. The highest BCUT2D eigenvalue weighted by Crippen LogP contribution is 2.16. The van der Waals surface area contributed by atoms with Gasteiger partial charge in [0, 0.05) is 18.0 Å². The Bertz CT molecular complexity index is 449. The molecule has 0 heterocycles. The highest BCUT2D eigenvalue weighted by molar-refractivity contribution is 7.98. The SMILES string of the molecule is CSCCNC(=O)Nc1ccc(C(=O)O)cc1C. The first-order valence-corrected chi connectivity index (χ1v) is 6.81. The maximum atomic E-state index is 11.5. The summed E-state index contributed by atoms with van der Waals surface area (Å²) < 4.78 is 0. The van der Waals surface area contributed by atoms with Gasteiger partial charge in [-0.1, -0.05) is 0 Å². The van der Waals surface area contributed by atoms with E-state index < -0.39 is 5.97 Å². The molecule has 2 amide bonds. The summed E-state index contributed by atoms with van der Waals surface area (Å²) in [5.41, 5.74) is 1.54. The number of hydrogen-bond acceptors (Lipinski definition) is 3. The highest BCUT2D eigenvalue weighted by atomic mass is 32.2. The fourth-order valence-corrected chi connectivity index (χ4v) is 1.68. The van der Waals surface area contributed by atoms with E-state index in [1.165, 1.54) is 12.1 Å². The van der Waals surface area contributed by atoms with Crippen LogP contribution in [0, 0.1) is 6.92 Å². The Hall–Kier alpha value is -1.69. The average molecular weight is 268 g/mol. The van der Waals surface area contributed by atoms with Gasteiger partial charge in [-0.3, -0.25) is 0 Å². The molecule has 0 radical (unpaired) electrons. The van der Waals surface area contributed by atoms with Crippen molar-refractivity contribution in [2.45, 2.75) is 6.92 Å². The van der Waals surface area contributed by atoms with Gasteiger partial charge < -0.3 is 15.7 Å². The molecule has 0 spiro atoms. The summed E-state index contributed by atoms with van der Waals surface area (Å²) in [7, 11) is 0. The number of carboxylic acid groups (broad SMARTS) is 1. The van der Waals surface area contributed by atoms with E-state index in [1.54, 1.807) is 24.8 Å². The number of carbonyl (C=O) groups excluding carboxylic acids is 1. The number of thioether (sulfide) groups is 1. The van der Waals surface area contributed by atoms with Crippen molar-refractivity contribution in [2.75, 3.05) is 23.9 Å². The lowest BCUT2D eigenvalue weighted by Crippen LogP contribution is -2.30. The first-order valence-electron chi connectivity index (χ1n) is 5.42. The van der Waals surface area contributed by atoms with Gasteiger partial charge in [0.1, 0.15) is 0 Å². The number of anilines is 1. The predicted molar refractivity (Wildman–Crippen MR) is 73.5 cm³/mol. The number of nitrogens with one attached hydrogen (secondary N) is 2. The molecule has 0 bridgehead atoms. The number of aromatic carboxylic acids is 1. The van der Waals surface area contributed by atoms with Gasteiger partial charge in [0.25, 0.3) is 0 Å². The number of aryl methyl sites for hydroxylation is 1. The Morgan fingerprint density at radius 2 is 2.11 bits per heavy atom. The first kappa shape index (κ1) is 14.4. The van der Waals surface area contributed by atoms with Crippen molar-refractivity contribution < 1.29 is 14.7 Å². The van der Waals surface area contributed by atoms with Crippen molar-refractivity contribution in [3.8, 4) is 0 Å². The Balaban J connectivity index is 2.62. The number of amides is 2. The Labute approximate surface area is 110 Å². The summed E-state index contributed by atoms with van der Waals surface area (Å²) in [5.74, 6) is -0.126. The summed E-state index contributed by atoms with van der Waals surface area (Å²) >= 11 is 1.65. The van der Waals surface area contributed by atoms with Crippen LogP contribution in [0.15, 0.2) is 18.2 Å². The second-order valence-electron chi connectivity index (χ2n) is 3.71. The minimum absolute atomic E-state index is 0.209. The van der Waals surface area contributed by atoms with Crippen LogP contribution < -0.4 is 10.6 Å². The summed E-state index contributed by atoms with van der Waals surface area (Å²) in [6, 6.07) is 4.30.